The lowest BCUT2D eigenvalue weighted by atomic mass is 10.1. The van der Waals surface area contributed by atoms with Crippen LogP contribution >= 0.6 is 0 Å². The Bertz CT molecular complexity index is 1120. The van der Waals surface area contributed by atoms with Crippen molar-refractivity contribution in [3.8, 4) is 0 Å². The number of carbonyl (C=O) groups excluding carboxylic acids is 1. The fourth-order valence-electron chi connectivity index (χ4n) is 2.77. The molecule has 0 saturated carbocycles. The minimum Gasteiger partial charge on any atom is -0.350 e. The van der Waals surface area contributed by atoms with Crippen molar-refractivity contribution in [1.29, 1.82) is 0 Å². The average molecular weight is 333 g/mol. The van der Waals surface area contributed by atoms with Gasteiger partial charge in [-0.15, -0.1) is 5.10 Å². The number of amides is 1. The van der Waals surface area contributed by atoms with E-state index in [0.717, 1.165) is 5.39 Å². The highest BCUT2D eigenvalue weighted by Gasteiger charge is 2.11. The van der Waals surface area contributed by atoms with Gasteiger partial charge in [0.25, 0.3) is 5.91 Å². The number of hydrogen-bond donors (Lipinski definition) is 1. The summed E-state index contributed by atoms with van der Waals surface area (Å²) < 4.78 is 2.81. The normalized spacial score (nSPS) is 11.0. The molecule has 0 unspecified atom stereocenters. The molecule has 1 aromatic carbocycles. The number of rotatable bonds is 4. The van der Waals surface area contributed by atoms with Gasteiger partial charge in [-0.2, -0.15) is 0 Å². The lowest BCUT2D eigenvalue weighted by Gasteiger charge is -2.07. The number of nitrogens with one attached hydrogen (secondary N) is 1. The van der Waals surface area contributed by atoms with Gasteiger partial charge in [0.05, 0.1) is 17.6 Å². The zero-order valence-corrected chi connectivity index (χ0v) is 13.3. The summed E-state index contributed by atoms with van der Waals surface area (Å²) in [6.07, 6.45) is 3.33. The molecule has 1 N–H and O–H groups in total. The minimum absolute atomic E-state index is 0.221. The van der Waals surface area contributed by atoms with Crippen LogP contribution in [0.5, 0.6) is 0 Å². The summed E-state index contributed by atoms with van der Waals surface area (Å²) in [5, 5.41) is 7.97. The monoisotopic (exact) mass is 333 g/mol. The third-order valence-electron chi connectivity index (χ3n) is 3.97. The van der Waals surface area contributed by atoms with Gasteiger partial charge in [-0.25, -0.2) is 9.48 Å². The van der Waals surface area contributed by atoms with E-state index in [2.05, 4.69) is 15.4 Å². The fourth-order valence-corrected chi connectivity index (χ4v) is 2.77. The van der Waals surface area contributed by atoms with Crippen LogP contribution in [0.2, 0.25) is 0 Å². The molecule has 7 heteroatoms. The van der Waals surface area contributed by atoms with Crippen LogP contribution < -0.4 is 11.0 Å². The van der Waals surface area contributed by atoms with Crippen molar-refractivity contribution in [2.75, 3.05) is 6.54 Å². The van der Waals surface area contributed by atoms with Crippen molar-refractivity contribution in [3.63, 3.8) is 0 Å². The molecular weight excluding hydrogens is 318 g/mol. The molecule has 0 saturated heterocycles. The minimum atomic E-state index is -0.225. The summed E-state index contributed by atoms with van der Waals surface area (Å²) in [6.45, 7) is 0.594. The molecule has 3 heterocycles. The predicted molar refractivity (Wildman–Crippen MR) is 93.5 cm³/mol. The predicted octanol–water partition coefficient (Wildman–Crippen LogP) is 1.47. The lowest BCUT2D eigenvalue weighted by Crippen LogP contribution is -2.31. The SMILES string of the molecule is O=C(NCCn1nc2ccccn2c1=O)c1cccc2cccnc12. The molecule has 4 aromatic rings. The molecule has 0 radical (unpaired) electrons. The molecule has 0 fully saturated rings. The number of carbonyl (C=O) groups is 1. The number of fused-ring (bicyclic) bond motifs is 2. The average Bonchev–Trinajstić information content (AvgIpc) is 2.97. The number of pyridine rings is 2. The van der Waals surface area contributed by atoms with Crippen molar-refractivity contribution in [1.82, 2.24) is 24.5 Å². The third-order valence-corrected chi connectivity index (χ3v) is 3.97. The van der Waals surface area contributed by atoms with Crippen LogP contribution in [-0.2, 0) is 6.54 Å². The molecule has 0 bridgehead atoms. The van der Waals surface area contributed by atoms with E-state index in [-0.39, 0.29) is 11.6 Å². The number of aromatic nitrogens is 4. The van der Waals surface area contributed by atoms with Gasteiger partial charge in [-0.1, -0.05) is 24.3 Å². The molecule has 0 atom stereocenters. The van der Waals surface area contributed by atoms with E-state index < -0.39 is 0 Å². The second kappa shape index (κ2) is 6.20. The summed E-state index contributed by atoms with van der Waals surface area (Å²) in [5.74, 6) is -0.221. The smallest absolute Gasteiger partial charge is 0.350 e. The van der Waals surface area contributed by atoms with Crippen LogP contribution in [0.1, 0.15) is 10.4 Å². The maximum atomic E-state index is 12.4. The second-order valence-corrected chi connectivity index (χ2v) is 5.57. The largest absolute Gasteiger partial charge is 0.350 e. The van der Waals surface area contributed by atoms with Gasteiger partial charge in [-0.3, -0.25) is 14.2 Å². The van der Waals surface area contributed by atoms with Crippen LogP contribution in [-0.4, -0.2) is 31.6 Å². The first-order valence-electron chi connectivity index (χ1n) is 7.90. The van der Waals surface area contributed by atoms with Crippen LogP contribution in [0.15, 0.2) is 65.7 Å². The van der Waals surface area contributed by atoms with Crippen LogP contribution in [0.25, 0.3) is 16.6 Å². The molecule has 0 aliphatic rings. The van der Waals surface area contributed by atoms with Crippen molar-refractivity contribution >= 4 is 22.5 Å². The van der Waals surface area contributed by atoms with Gasteiger partial charge in [-0.05, 0) is 24.3 Å². The molecular formula is C18H15N5O2. The van der Waals surface area contributed by atoms with Crippen LogP contribution in [0.4, 0.5) is 0 Å². The zero-order chi connectivity index (χ0) is 17.2. The molecule has 3 aromatic heterocycles. The van der Waals surface area contributed by atoms with Crippen molar-refractivity contribution in [2.45, 2.75) is 6.54 Å². The molecule has 1 amide bonds. The van der Waals surface area contributed by atoms with E-state index in [9.17, 15) is 9.59 Å². The maximum absolute atomic E-state index is 12.4. The van der Waals surface area contributed by atoms with Gasteiger partial charge < -0.3 is 5.32 Å². The summed E-state index contributed by atoms with van der Waals surface area (Å²) in [6, 6.07) is 14.6. The topological polar surface area (TPSA) is 81.3 Å². The lowest BCUT2D eigenvalue weighted by molar-refractivity contribution is 0.0953. The second-order valence-electron chi connectivity index (χ2n) is 5.57. The molecule has 0 aliphatic carbocycles. The number of nitrogens with zero attached hydrogens (tertiary/aromatic N) is 4. The highest BCUT2D eigenvalue weighted by molar-refractivity contribution is 6.05. The Balaban J connectivity index is 1.50. The zero-order valence-electron chi connectivity index (χ0n) is 13.3. The van der Waals surface area contributed by atoms with Gasteiger partial charge in [0, 0.05) is 24.3 Å². The quantitative estimate of drug-likeness (QED) is 0.613. The summed E-state index contributed by atoms with van der Waals surface area (Å²) in [7, 11) is 0. The highest BCUT2D eigenvalue weighted by atomic mass is 16.2. The third kappa shape index (κ3) is 2.76. The molecule has 4 rings (SSSR count). The highest BCUT2D eigenvalue weighted by Crippen LogP contribution is 2.15. The fraction of sp³-hybridized carbons (Fsp3) is 0.111. The van der Waals surface area contributed by atoms with E-state index in [1.165, 1.54) is 9.08 Å². The van der Waals surface area contributed by atoms with Crippen molar-refractivity contribution in [3.05, 3.63) is 77.0 Å². The standard InChI is InChI=1S/C18H15N5O2/c24-17(14-7-3-5-13-6-4-9-19-16(13)14)20-10-12-23-18(25)22-11-2-1-8-15(22)21-23/h1-9,11H,10,12H2,(H,20,24). The van der Waals surface area contributed by atoms with E-state index in [1.807, 2.05) is 30.3 Å². The number of hydrogen-bond acceptors (Lipinski definition) is 4. The van der Waals surface area contributed by atoms with E-state index in [0.29, 0.717) is 29.8 Å². The Hall–Kier alpha value is -3.48. The Morgan fingerprint density at radius 1 is 1.08 bits per heavy atom. The van der Waals surface area contributed by atoms with Gasteiger partial charge in [0.2, 0.25) is 0 Å². The van der Waals surface area contributed by atoms with Gasteiger partial charge in [0.1, 0.15) is 0 Å². The first kappa shape index (κ1) is 15.1. The van der Waals surface area contributed by atoms with Crippen LogP contribution in [0, 0.1) is 0 Å². The molecule has 25 heavy (non-hydrogen) atoms. The van der Waals surface area contributed by atoms with E-state index in [1.54, 1.807) is 30.6 Å². The summed E-state index contributed by atoms with van der Waals surface area (Å²) in [4.78, 5) is 28.9. The van der Waals surface area contributed by atoms with Gasteiger partial charge in [0.15, 0.2) is 5.65 Å². The van der Waals surface area contributed by atoms with E-state index >= 15 is 0 Å². The van der Waals surface area contributed by atoms with Gasteiger partial charge >= 0.3 is 5.69 Å². The molecule has 0 spiro atoms. The van der Waals surface area contributed by atoms with Crippen molar-refractivity contribution in [2.24, 2.45) is 0 Å². The Kier molecular flexibility index (Phi) is 3.74. The number of para-hydroxylation sites is 1. The van der Waals surface area contributed by atoms with E-state index in [4.69, 9.17) is 0 Å². The first-order valence-corrected chi connectivity index (χ1v) is 7.90. The van der Waals surface area contributed by atoms with Crippen LogP contribution in [0.3, 0.4) is 0 Å². The summed E-state index contributed by atoms with van der Waals surface area (Å²) >= 11 is 0. The molecule has 0 aliphatic heterocycles. The Morgan fingerprint density at radius 3 is 2.84 bits per heavy atom. The number of benzene rings is 1. The molecule has 124 valence electrons. The summed E-state index contributed by atoms with van der Waals surface area (Å²) in [5.41, 5.74) is 1.53. The van der Waals surface area contributed by atoms with Crippen molar-refractivity contribution < 1.29 is 4.79 Å². The maximum Gasteiger partial charge on any atom is 0.350 e. The molecule has 7 nitrogen and oxygen atoms in total. The Morgan fingerprint density at radius 2 is 1.96 bits per heavy atom. The first-order chi connectivity index (χ1) is 12.2. The Labute approximate surface area is 142 Å².